The Morgan fingerprint density at radius 2 is 0.398 bits per heavy atom. The lowest BCUT2D eigenvalue weighted by Crippen LogP contribution is -2.04. The van der Waals surface area contributed by atoms with E-state index in [2.05, 4.69) is 385 Å². The predicted octanol–water partition coefficient (Wildman–Crippen LogP) is 25.1. The molecule has 7 aromatic heterocycles. The lowest BCUT2D eigenvalue weighted by atomic mass is 9.99. The van der Waals surface area contributed by atoms with Crippen LogP contribution in [0.25, 0.3) is 210 Å². The second kappa shape index (κ2) is 23.4. The number of hydrogen-bond donors (Lipinski definition) is 0. The van der Waals surface area contributed by atoms with Crippen LogP contribution in [0.2, 0.25) is 0 Å². The van der Waals surface area contributed by atoms with Crippen LogP contribution < -0.4 is 0 Å². The van der Waals surface area contributed by atoms with Gasteiger partial charge in [0.15, 0.2) is 17.5 Å². The van der Waals surface area contributed by atoms with Crippen molar-refractivity contribution in [2.75, 3.05) is 0 Å². The third-order valence-corrected chi connectivity index (χ3v) is 22.5. The zero-order chi connectivity index (χ0) is 70.7. The molecule has 23 rings (SSSR count). The summed E-state index contributed by atoms with van der Waals surface area (Å²) >= 11 is 0. The van der Waals surface area contributed by atoms with E-state index < -0.39 is 0 Å². The summed E-state index contributed by atoms with van der Waals surface area (Å²) in [5.74, 6) is 1.70. The van der Waals surface area contributed by atoms with Crippen LogP contribution in [0.5, 0.6) is 0 Å². The van der Waals surface area contributed by atoms with Gasteiger partial charge in [0, 0.05) is 110 Å². The van der Waals surface area contributed by atoms with Gasteiger partial charge in [-0.25, -0.2) is 15.0 Å². The number of fused-ring (bicyclic) bond motifs is 18. The van der Waals surface area contributed by atoms with E-state index in [1.807, 2.05) is 12.1 Å². The van der Waals surface area contributed by atoms with Gasteiger partial charge in [-0.15, -0.1) is 0 Å². The van der Waals surface area contributed by atoms with Gasteiger partial charge in [0.1, 0.15) is 0 Å². The van der Waals surface area contributed by atoms with Crippen molar-refractivity contribution in [3.8, 4) is 79.4 Å². The van der Waals surface area contributed by atoms with E-state index in [9.17, 15) is 0 Å². The second-order valence-electron chi connectivity index (χ2n) is 28.2. The molecule has 0 unspecified atom stereocenters. The Hall–Kier alpha value is -14.7. The van der Waals surface area contributed by atoms with E-state index in [0.717, 1.165) is 150 Å². The van der Waals surface area contributed by atoms with Crippen molar-refractivity contribution in [1.82, 2.24) is 42.4 Å². The summed E-state index contributed by atoms with van der Waals surface area (Å²) in [6, 6.07) is 135. The molecule has 16 aromatic carbocycles. The van der Waals surface area contributed by atoms with Crippen molar-refractivity contribution in [3.05, 3.63) is 370 Å². The van der Waals surface area contributed by atoms with Crippen molar-refractivity contribution in [2.24, 2.45) is 0 Å². The molecule has 23 aromatic rings. The zero-order valence-electron chi connectivity index (χ0n) is 58.2. The molecule has 0 aliphatic carbocycles. The minimum Gasteiger partial charge on any atom is -0.309 e. The van der Waals surface area contributed by atoms with E-state index in [4.69, 9.17) is 15.0 Å². The Morgan fingerprint density at radius 3 is 0.713 bits per heavy atom. The highest BCUT2D eigenvalue weighted by atomic mass is 15.1. The standard InChI is InChI=1S/C99H61N9/c1-3-25-62(26-4-1)97-100-98(63-27-5-2-6-28-63)102-99(101-97)82-57-64(47-52-96(82)108-94-55-50-67(105-88-43-21-12-34-74(88)75-35-13-22-44-89(75)105)60-80(94)81-61-68(51-56-95(81)108)106-90-45-23-14-36-76(90)77-37-15-24-46-91(77)106)69-29-7-16-38-83(69)107-92-53-48-65(103-84-39-17-8-30-70(84)71-31-9-18-40-85(71)103)58-78(92)79-59-66(49-54-93(79)107)104-86-41-19-10-32-72(86)73-33-11-20-42-87(73)104/h1-61H. The number of benzene rings is 16. The molecule has 108 heavy (non-hydrogen) atoms. The van der Waals surface area contributed by atoms with Crippen LogP contribution in [-0.2, 0) is 0 Å². The highest BCUT2D eigenvalue weighted by Gasteiger charge is 2.26. The second-order valence-corrected chi connectivity index (χ2v) is 28.2. The molecule has 9 heteroatoms. The average Bonchev–Trinajstić information content (AvgIpc) is 1.55. The Morgan fingerprint density at radius 1 is 0.148 bits per heavy atom. The van der Waals surface area contributed by atoms with E-state index in [0.29, 0.717) is 17.5 Å². The molecular weight excluding hydrogens is 1320 g/mol. The van der Waals surface area contributed by atoms with Crippen molar-refractivity contribution < 1.29 is 0 Å². The highest BCUT2D eigenvalue weighted by Crippen LogP contribution is 2.46. The Labute approximate surface area is 618 Å². The van der Waals surface area contributed by atoms with Gasteiger partial charge in [-0.2, -0.15) is 0 Å². The van der Waals surface area contributed by atoms with Crippen LogP contribution in [0.4, 0.5) is 0 Å². The van der Waals surface area contributed by atoms with Crippen LogP contribution in [-0.4, -0.2) is 42.4 Å². The smallest absolute Gasteiger partial charge is 0.166 e. The maximum atomic E-state index is 5.61. The normalized spacial score (nSPS) is 12.1. The van der Waals surface area contributed by atoms with Crippen molar-refractivity contribution in [2.45, 2.75) is 0 Å². The SMILES string of the molecule is c1ccc(-c2nc(-c3ccccc3)nc(-c3cc(-c4ccccc4-n4c5ccc(-n6c7ccccc7c7ccccc76)cc5c5cc(-n6c7ccccc7c7ccccc76)ccc54)ccc3-n3c4ccc(-n5c6ccccc6c6ccccc65)cc4c4cc(-n5c6ccccc6c6ccccc65)ccc43)n2)cc1. The molecule has 502 valence electrons. The maximum Gasteiger partial charge on any atom is 0.166 e. The molecule has 0 aliphatic rings. The summed E-state index contributed by atoms with van der Waals surface area (Å²) in [6.07, 6.45) is 0. The highest BCUT2D eigenvalue weighted by molar-refractivity contribution is 6.17. The molecule has 0 N–H and O–H groups in total. The van der Waals surface area contributed by atoms with Crippen molar-refractivity contribution in [1.29, 1.82) is 0 Å². The Kier molecular flexibility index (Phi) is 13.0. The van der Waals surface area contributed by atoms with Gasteiger partial charge in [0.25, 0.3) is 0 Å². The van der Waals surface area contributed by atoms with E-state index >= 15 is 0 Å². The van der Waals surface area contributed by atoms with Crippen LogP contribution >= 0.6 is 0 Å². The number of nitrogens with zero attached hydrogens (tertiary/aromatic N) is 9. The van der Waals surface area contributed by atoms with Gasteiger partial charge in [-0.3, -0.25) is 0 Å². The third kappa shape index (κ3) is 8.90. The summed E-state index contributed by atoms with van der Waals surface area (Å²) in [4.78, 5) is 16.5. The molecule has 7 heterocycles. The van der Waals surface area contributed by atoms with Gasteiger partial charge >= 0.3 is 0 Å². The van der Waals surface area contributed by atoms with E-state index in [1.54, 1.807) is 0 Å². The van der Waals surface area contributed by atoms with Gasteiger partial charge in [0.2, 0.25) is 0 Å². The lowest BCUT2D eigenvalue weighted by molar-refractivity contribution is 1.06. The summed E-state index contributed by atoms with van der Waals surface area (Å²) in [7, 11) is 0. The van der Waals surface area contributed by atoms with Gasteiger partial charge < -0.3 is 27.4 Å². The average molecular weight is 1380 g/mol. The van der Waals surface area contributed by atoms with Gasteiger partial charge in [-0.05, 0) is 145 Å². The van der Waals surface area contributed by atoms with Gasteiger partial charge in [0.05, 0.1) is 77.6 Å². The summed E-state index contributed by atoms with van der Waals surface area (Å²) in [6.45, 7) is 0. The molecule has 0 saturated heterocycles. The number of rotatable bonds is 10. The molecule has 0 saturated carbocycles. The lowest BCUT2D eigenvalue weighted by Gasteiger charge is -2.18. The first-order valence-corrected chi connectivity index (χ1v) is 36.8. The zero-order valence-corrected chi connectivity index (χ0v) is 58.2. The number of aromatic nitrogens is 9. The molecule has 0 fully saturated rings. The largest absolute Gasteiger partial charge is 0.309 e. The topological polar surface area (TPSA) is 68.2 Å². The maximum absolute atomic E-state index is 5.61. The fraction of sp³-hybridized carbons (Fsp3) is 0. The Bertz CT molecular complexity index is 7080. The fourth-order valence-electron chi connectivity index (χ4n) is 17.8. The predicted molar refractivity (Wildman–Crippen MR) is 448 cm³/mol. The van der Waals surface area contributed by atoms with Crippen LogP contribution in [0, 0.1) is 0 Å². The molecule has 0 aliphatic heterocycles. The minimum absolute atomic E-state index is 0.544. The molecule has 9 nitrogen and oxygen atoms in total. The van der Waals surface area contributed by atoms with Crippen molar-refractivity contribution in [3.63, 3.8) is 0 Å². The summed E-state index contributed by atoms with van der Waals surface area (Å²) in [5, 5.41) is 14.2. The number of para-hydroxylation sites is 9. The molecular formula is C99H61N9. The summed E-state index contributed by atoms with van der Waals surface area (Å²) < 4.78 is 14.7. The van der Waals surface area contributed by atoms with E-state index in [-0.39, 0.29) is 0 Å². The van der Waals surface area contributed by atoms with Crippen LogP contribution in [0.15, 0.2) is 370 Å². The van der Waals surface area contributed by atoms with E-state index in [1.165, 1.54) is 43.1 Å². The fourth-order valence-corrected chi connectivity index (χ4v) is 17.8. The van der Waals surface area contributed by atoms with Crippen LogP contribution in [0.3, 0.4) is 0 Å². The molecule has 0 radical (unpaired) electrons. The van der Waals surface area contributed by atoms with Crippen LogP contribution in [0.1, 0.15) is 0 Å². The molecule has 0 spiro atoms. The first kappa shape index (κ1) is 59.8. The molecule has 0 bridgehead atoms. The van der Waals surface area contributed by atoms with Crippen molar-refractivity contribution >= 4 is 131 Å². The molecule has 0 amide bonds. The first-order chi connectivity index (χ1) is 53.6. The number of hydrogen-bond acceptors (Lipinski definition) is 3. The quantitative estimate of drug-likeness (QED) is 0.137. The Balaban J connectivity index is 0.788. The third-order valence-electron chi connectivity index (χ3n) is 22.5. The first-order valence-electron chi connectivity index (χ1n) is 36.8. The van der Waals surface area contributed by atoms with Gasteiger partial charge in [-0.1, -0.05) is 231 Å². The minimum atomic E-state index is 0.544. The summed E-state index contributed by atoms with van der Waals surface area (Å²) in [5.41, 5.74) is 24.4. The monoisotopic (exact) mass is 1380 g/mol. The molecule has 0 atom stereocenters.